The van der Waals surface area contributed by atoms with Gasteiger partial charge in [-0.15, -0.1) is 11.3 Å². The maximum atomic E-state index is 5.43. The van der Waals surface area contributed by atoms with E-state index in [4.69, 9.17) is 15.0 Å². The lowest BCUT2D eigenvalue weighted by molar-refractivity contribution is 0.954. The summed E-state index contributed by atoms with van der Waals surface area (Å²) < 4.78 is 4.83. The summed E-state index contributed by atoms with van der Waals surface area (Å²) in [6.07, 6.45) is 0. The number of fused-ring (bicyclic) bond motifs is 10. The van der Waals surface area contributed by atoms with Gasteiger partial charge in [0, 0.05) is 53.2 Å². The van der Waals surface area contributed by atoms with Crippen LogP contribution in [-0.2, 0) is 0 Å². The second-order valence-corrected chi connectivity index (χ2v) is 17.4. The van der Waals surface area contributed by atoms with Gasteiger partial charge in [-0.3, -0.25) is 4.57 Å². The average Bonchev–Trinajstić information content (AvgIpc) is 3.94. The number of hydrogen-bond donors (Lipinski definition) is 0. The summed E-state index contributed by atoms with van der Waals surface area (Å²) in [5.74, 6) is 1.79. The molecule has 0 spiro atoms. The van der Waals surface area contributed by atoms with Gasteiger partial charge in [0.15, 0.2) is 11.6 Å². The third-order valence-electron chi connectivity index (χ3n) is 12.7. The Morgan fingerprint density at radius 1 is 0.328 bits per heavy atom. The van der Waals surface area contributed by atoms with E-state index < -0.39 is 0 Å². The van der Waals surface area contributed by atoms with Crippen molar-refractivity contribution in [1.82, 2.24) is 19.5 Å². The molecule has 13 rings (SSSR count). The summed E-state index contributed by atoms with van der Waals surface area (Å²) in [6.45, 7) is 0. The number of nitrogens with zero attached hydrogens (tertiary/aromatic N) is 4. The zero-order chi connectivity index (χ0) is 42.1. The molecule has 0 bridgehead atoms. The highest BCUT2D eigenvalue weighted by Gasteiger charge is 2.23. The first-order chi connectivity index (χ1) is 31.7. The van der Waals surface area contributed by atoms with E-state index in [0.29, 0.717) is 17.6 Å². The Morgan fingerprint density at radius 2 is 0.812 bits per heavy atom. The summed E-state index contributed by atoms with van der Waals surface area (Å²) in [7, 11) is 0. The smallest absolute Gasteiger partial charge is 0.238 e. The van der Waals surface area contributed by atoms with Gasteiger partial charge < -0.3 is 0 Å². The average molecular weight is 833 g/mol. The van der Waals surface area contributed by atoms with Crippen molar-refractivity contribution >= 4 is 74.9 Å². The molecule has 13 aromatic rings. The quantitative estimate of drug-likeness (QED) is 0.168. The van der Waals surface area contributed by atoms with Gasteiger partial charge in [0.2, 0.25) is 5.95 Å². The van der Waals surface area contributed by atoms with Gasteiger partial charge in [-0.25, -0.2) is 4.98 Å². The van der Waals surface area contributed by atoms with Crippen LogP contribution in [0.2, 0.25) is 0 Å². The molecule has 10 aromatic carbocycles. The van der Waals surface area contributed by atoms with Crippen LogP contribution >= 0.6 is 11.3 Å². The molecule has 3 aromatic heterocycles. The Bertz CT molecular complexity index is 3830. The molecule has 0 saturated heterocycles. The molecule has 64 heavy (non-hydrogen) atoms. The Kier molecular flexibility index (Phi) is 8.36. The molecule has 0 saturated carbocycles. The lowest BCUT2D eigenvalue weighted by atomic mass is 9.97. The van der Waals surface area contributed by atoms with Crippen molar-refractivity contribution < 1.29 is 0 Å². The van der Waals surface area contributed by atoms with Crippen LogP contribution in [0.3, 0.4) is 0 Å². The second kappa shape index (κ2) is 14.7. The number of aromatic nitrogens is 4. The van der Waals surface area contributed by atoms with Crippen molar-refractivity contribution in [3.8, 4) is 62.1 Å². The molecule has 0 amide bonds. The lowest BCUT2D eigenvalue weighted by Crippen LogP contribution is -2.07. The Balaban J connectivity index is 1.09. The third kappa shape index (κ3) is 5.86. The van der Waals surface area contributed by atoms with Crippen LogP contribution in [0.5, 0.6) is 0 Å². The van der Waals surface area contributed by atoms with Gasteiger partial charge in [-0.05, 0) is 55.9 Å². The molecule has 0 unspecified atom stereocenters. The summed E-state index contributed by atoms with van der Waals surface area (Å²) in [5, 5.41) is 9.80. The number of benzene rings is 10. The molecule has 0 N–H and O–H groups in total. The molecule has 0 fully saturated rings. The first kappa shape index (κ1) is 36.4. The molecule has 4 nitrogen and oxygen atoms in total. The van der Waals surface area contributed by atoms with Gasteiger partial charge in [-0.2, -0.15) is 9.97 Å². The van der Waals surface area contributed by atoms with Crippen molar-refractivity contribution in [2.45, 2.75) is 0 Å². The van der Waals surface area contributed by atoms with Crippen molar-refractivity contribution in [2.24, 2.45) is 0 Å². The maximum Gasteiger partial charge on any atom is 0.238 e. The predicted octanol–water partition coefficient (Wildman–Crippen LogP) is 16.0. The molecule has 3 heterocycles. The Labute approximate surface area is 373 Å². The van der Waals surface area contributed by atoms with E-state index in [2.05, 4.69) is 211 Å². The fourth-order valence-corrected chi connectivity index (χ4v) is 10.9. The lowest BCUT2D eigenvalue weighted by Gasteiger charge is -2.14. The van der Waals surface area contributed by atoms with Crippen LogP contribution in [0.25, 0.3) is 126 Å². The number of para-hydroxylation sites is 1. The molecule has 0 atom stereocenters. The van der Waals surface area contributed by atoms with Crippen molar-refractivity contribution in [3.63, 3.8) is 0 Å². The predicted molar refractivity (Wildman–Crippen MR) is 269 cm³/mol. The summed E-state index contributed by atoms with van der Waals surface area (Å²) in [6, 6.07) is 77.9. The molecule has 5 heteroatoms. The molecule has 0 aliphatic heterocycles. The van der Waals surface area contributed by atoms with E-state index in [1.54, 1.807) is 0 Å². The Morgan fingerprint density at radius 3 is 1.44 bits per heavy atom. The molecule has 0 aliphatic rings. The van der Waals surface area contributed by atoms with Crippen LogP contribution in [-0.4, -0.2) is 19.5 Å². The van der Waals surface area contributed by atoms with E-state index in [0.717, 1.165) is 55.4 Å². The number of thiophene rings is 1. The standard InChI is InChI=1S/C59H36N4S/c1-3-13-37(14-4-1)39-25-29-43(30-26-39)57-60-58(44-31-27-40(28-32-44)38-15-5-2-6-16-38)62-59(61-57)63-51-35-33-41-17-7-9-19-45(41)53(51)49-23-11-21-47(55(49)63)48-22-12-24-50-54-46-20-10-8-18-42(46)34-36-52(54)64-56(48)50/h1-36H. The largest absolute Gasteiger partial charge is 0.277 e. The normalized spacial score (nSPS) is 11.8. The van der Waals surface area contributed by atoms with E-state index >= 15 is 0 Å². The third-order valence-corrected chi connectivity index (χ3v) is 13.9. The minimum absolute atomic E-state index is 0.566. The second-order valence-electron chi connectivity index (χ2n) is 16.3. The molecule has 0 radical (unpaired) electrons. The van der Waals surface area contributed by atoms with Gasteiger partial charge in [0.1, 0.15) is 0 Å². The molecular weight excluding hydrogens is 797 g/mol. The highest BCUT2D eigenvalue weighted by Crippen LogP contribution is 2.46. The van der Waals surface area contributed by atoms with E-state index in [1.807, 2.05) is 23.5 Å². The number of rotatable bonds is 6. The molecule has 0 aliphatic carbocycles. The minimum atomic E-state index is 0.566. The van der Waals surface area contributed by atoms with Gasteiger partial charge in [0.05, 0.1) is 11.0 Å². The molecule has 298 valence electrons. The fraction of sp³-hybridized carbons (Fsp3) is 0. The van der Waals surface area contributed by atoms with Crippen molar-refractivity contribution in [3.05, 3.63) is 218 Å². The first-order valence-corrected chi connectivity index (χ1v) is 22.4. The van der Waals surface area contributed by atoms with Crippen LogP contribution in [0.1, 0.15) is 0 Å². The van der Waals surface area contributed by atoms with Crippen LogP contribution < -0.4 is 0 Å². The van der Waals surface area contributed by atoms with Crippen LogP contribution in [0.15, 0.2) is 218 Å². The van der Waals surface area contributed by atoms with Gasteiger partial charge >= 0.3 is 0 Å². The SMILES string of the molecule is c1ccc(-c2ccc(-c3nc(-c4ccc(-c5ccccc5)cc4)nc(-n4c5ccc6ccccc6c5c5cccc(-c6cccc7c6sc6ccc8ccccc8c67)c54)n3)cc2)cc1. The summed E-state index contributed by atoms with van der Waals surface area (Å²) >= 11 is 1.87. The summed E-state index contributed by atoms with van der Waals surface area (Å²) in [5.41, 5.74) is 10.8. The zero-order valence-corrected chi connectivity index (χ0v) is 35.3. The fourth-order valence-electron chi connectivity index (χ4n) is 9.65. The minimum Gasteiger partial charge on any atom is -0.277 e. The zero-order valence-electron chi connectivity index (χ0n) is 34.5. The maximum absolute atomic E-state index is 5.43. The van der Waals surface area contributed by atoms with Crippen molar-refractivity contribution in [1.29, 1.82) is 0 Å². The highest BCUT2D eigenvalue weighted by molar-refractivity contribution is 7.26. The number of hydrogen-bond acceptors (Lipinski definition) is 4. The van der Waals surface area contributed by atoms with Gasteiger partial charge in [0.25, 0.3) is 0 Å². The van der Waals surface area contributed by atoms with Crippen LogP contribution in [0, 0.1) is 0 Å². The van der Waals surface area contributed by atoms with Crippen molar-refractivity contribution in [2.75, 3.05) is 0 Å². The summed E-state index contributed by atoms with van der Waals surface area (Å²) in [4.78, 5) is 16.1. The van der Waals surface area contributed by atoms with E-state index in [9.17, 15) is 0 Å². The monoisotopic (exact) mass is 832 g/mol. The topological polar surface area (TPSA) is 43.6 Å². The van der Waals surface area contributed by atoms with Gasteiger partial charge in [-0.1, -0.05) is 206 Å². The molecular formula is C59H36N4S. The van der Waals surface area contributed by atoms with Crippen LogP contribution in [0.4, 0.5) is 0 Å². The van der Waals surface area contributed by atoms with E-state index in [-0.39, 0.29) is 0 Å². The Hall–Kier alpha value is -8.25. The van der Waals surface area contributed by atoms with E-state index in [1.165, 1.54) is 52.7 Å². The first-order valence-electron chi connectivity index (χ1n) is 21.6. The highest BCUT2D eigenvalue weighted by atomic mass is 32.1.